The summed E-state index contributed by atoms with van der Waals surface area (Å²) in [6, 6.07) is 11.8. The highest BCUT2D eigenvalue weighted by molar-refractivity contribution is 6.39. The number of para-hydroxylation sites is 1. The summed E-state index contributed by atoms with van der Waals surface area (Å²) >= 11 is 12.0. The molecule has 2 aromatic rings. The summed E-state index contributed by atoms with van der Waals surface area (Å²) in [4.78, 5) is 22.2. The number of carbonyl (C=O) groups excluding carboxylic acids is 1. The van der Waals surface area contributed by atoms with E-state index in [0.29, 0.717) is 21.4 Å². The van der Waals surface area contributed by atoms with Gasteiger partial charge in [-0.3, -0.25) is 14.9 Å². The molecule has 0 radical (unpaired) electrons. The quantitative estimate of drug-likeness (QED) is 0.348. The minimum atomic E-state index is -0.688. The number of anilines is 2. The maximum atomic E-state index is 12.1. The second-order valence-electron chi connectivity index (χ2n) is 4.67. The standard InChI is InChI=1S/C16H10Cl2N4O3/c17-13-2-1-3-14(18)15(13)20-9-10(8-19)16(23)21-11-4-6-12(7-5-11)22(24)25/h1-7,9,20H,(H,21,23)/b10-9-. The van der Waals surface area contributed by atoms with Gasteiger partial charge in [-0.1, -0.05) is 29.3 Å². The van der Waals surface area contributed by atoms with Crippen LogP contribution in [0.4, 0.5) is 17.1 Å². The number of nitriles is 1. The molecule has 2 rings (SSSR count). The van der Waals surface area contributed by atoms with Gasteiger partial charge in [0, 0.05) is 24.0 Å². The van der Waals surface area contributed by atoms with E-state index in [1.807, 2.05) is 0 Å². The van der Waals surface area contributed by atoms with Crippen molar-refractivity contribution >= 4 is 46.2 Å². The number of halogens is 2. The van der Waals surface area contributed by atoms with E-state index < -0.39 is 10.8 Å². The lowest BCUT2D eigenvalue weighted by Gasteiger charge is -2.07. The van der Waals surface area contributed by atoms with Crippen LogP contribution in [0.25, 0.3) is 0 Å². The molecule has 126 valence electrons. The van der Waals surface area contributed by atoms with Crippen molar-refractivity contribution in [1.29, 1.82) is 5.26 Å². The van der Waals surface area contributed by atoms with Gasteiger partial charge in [0.25, 0.3) is 11.6 Å². The number of nitro benzene ring substituents is 1. The zero-order valence-electron chi connectivity index (χ0n) is 12.5. The fraction of sp³-hybridized carbons (Fsp3) is 0. The second-order valence-corrected chi connectivity index (χ2v) is 5.48. The highest BCUT2D eigenvalue weighted by atomic mass is 35.5. The topological polar surface area (TPSA) is 108 Å². The number of rotatable bonds is 5. The van der Waals surface area contributed by atoms with Crippen molar-refractivity contribution < 1.29 is 9.72 Å². The minimum absolute atomic E-state index is 0.107. The highest BCUT2D eigenvalue weighted by Gasteiger charge is 2.12. The zero-order chi connectivity index (χ0) is 18.4. The molecule has 0 aromatic heterocycles. The summed E-state index contributed by atoms with van der Waals surface area (Å²) < 4.78 is 0. The lowest BCUT2D eigenvalue weighted by molar-refractivity contribution is -0.384. The molecule has 0 fully saturated rings. The van der Waals surface area contributed by atoms with E-state index in [0.717, 1.165) is 0 Å². The number of hydrogen-bond acceptors (Lipinski definition) is 5. The Balaban J connectivity index is 2.13. The average molecular weight is 377 g/mol. The first-order valence-electron chi connectivity index (χ1n) is 6.79. The van der Waals surface area contributed by atoms with Crippen molar-refractivity contribution in [2.75, 3.05) is 10.6 Å². The Morgan fingerprint density at radius 2 is 1.76 bits per heavy atom. The van der Waals surface area contributed by atoms with Crippen LogP contribution in [0.2, 0.25) is 10.0 Å². The summed E-state index contributed by atoms with van der Waals surface area (Å²) in [5, 5.41) is 25.6. The summed E-state index contributed by atoms with van der Waals surface area (Å²) in [5.41, 5.74) is 0.340. The predicted molar refractivity (Wildman–Crippen MR) is 95.5 cm³/mol. The molecule has 0 heterocycles. The maximum absolute atomic E-state index is 12.1. The highest BCUT2D eigenvalue weighted by Crippen LogP contribution is 2.29. The molecule has 9 heteroatoms. The Labute approximate surface area is 152 Å². The molecule has 0 aliphatic carbocycles. The van der Waals surface area contributed by atoms with Gasteiger partial charge in [-0.05, 0) is 24.3 Å². The SMILES string of the molecule is N#C/C(=C/Nc1c(Cl)cccc1Cl)C(=O)Nc1ccc([N+](=O)[O-])cc1. The van der Waals surface area contributed by atoms with Gasteiger partial charge in [-0.2, -0.15) is 5.26 Å². The van der Waals surface area contributed by atoms with Gasteiger partial charge in [-0.25, -0.2) is 0 Å². The van der Waals surface area contributed by atoms with Crippen LogP contribution in [0.3, 0.4) is 0 Å². The van der Waals surface area contributed by atoms with Crippen LogP contribution >= 0.6 is 23.2 Å². The molecule has 0 atom stereocenters. The Kier molecular flexibility index (Phi) is 5.95. The molecular weight excluding hydrogens is 367 g/mol. The molecule has 0 saturated carbocycles. The van der Waals surface area contributed by atoms with Crippen LogP contribution in [-0.2, 0) is 4.79 Å². The zero-order valence-corrected chi connectivity index (χ0v) is 14.0. The third-order valence-corrected chi connectivity index (χ3v) is 3.65. The monoisotopic (exact) mass is 376 g/mol. The van der Waals surface area contributed by atoms with Gasteiger partial charge in [0.05, 0.1) is 20.7 Å². The van der Waals surface area contributed by atoms with E-state index in [1.165, 1.54) is 30.5 Å². The Hall–Kier alpha value is -3.08. The van der Waals surface area contributed by atoms with Crippen LogP contribution in [-0.4, -0.2) is 10.8 Å². The van der Waals surface area contributed by atoms with E-state index in [-0.39, 0.29) is 11.3 Å². The summed E-state index contributed by atoms with van der Waals surface area (Å²) in [6.07, 6.45) is 1.17. The summed E-state index contributed by atoms with van der Waals surface area (Å²) in [7, 11) is 0. The number of non-ortho nitro benzene ring substituents is 1. The van der Waals surface area contributed by atoms with Gasteiger partial charge < -0.3 is 10.6 Å². The molecule has 2 aromatic carbocycles. The molecule has 25 heavy (non-hydrogen) atoms. The van der Waals surface area contributed by atoms with E-state index in [1.54, 1.807) is 24.3 Å². The lowest BCUT2D eigenvalue weighted by Crippen LogP contribution is -2.14. The van der Waals surface area contributed by atoms with E-state index in [4.69, 9.17) is 28.5 Å². The smallest absolute Gasteiger partial charge is 0.269 e. The molecule has 7 nitrogen and oxygen atoms in total. The minimum Gasteiger partial charge on any atom is -0.358 e. The average Bonchev–Trinajstić information content (AvgIpc) is 2.58. The molecule has 0 aliphatic heterocycles. The number of nitrogens with one attached hydrogen (secondary N) is 2. The first-order chi connectivity index (χ1) is 11.9. The third kappa shape index (κ3) is 4.70. The lowest BCUT2D eigenvalue weighted by atomic mass is 10.2. The van der Waals surface area contributed by atoms with E-state index >= 15 is 0 Å². The van der Waals surface area contributed by atoms with Gasteiger partial charge in [0.15, 0.2) is 0 Å². The van der Waals surface area contributed by atoms with Gasteiger partial charge in [-0.15, -0.1) is 0 Å². The van der Waals surface area contributed by atoms with Crippen LogP contribution < -0.4 is 10.6 Å². The number of hydrogen-bond donors (Lipinski definition) is 2. The molecular formula is C16H10Cl2N4O3. The number of nitro groups is 1. The van der Waals surface area contributed by atoms with E-state index in [9.17, 15) is 14.9 Å². The van der Waals surface area contributed by atoms with Crippen molar-refractivity contribution in [2.24, 2.45) is 0 Å². The molecule has 2 N–H and O–H groups in total. The van der Waals surface area contributed by atoms with Crippen molar-refractivity contribution in [1.82, 2.24) is 0 Å². The Bertz CT molecular complexity index is 869. The summed E-state index contributed by atoms with van der Waals surface area (Å²) in [6.45, 7) is 0. The van der Waals surface area contributed by atoms with Crippen LogP contribution in [0, 0.1) is 21.4 Å². The first-order valence-corrected chi connectivity index (χ1v) is 7.54. The second kappa shape index (κ2) is 8.15. The molecule has 0 bridgehead atoms. The van der Waals surface area contributed by atoms with Gasteiger partial charge >= 0.3 is 0 Å². The molecule has 0 unspecified atom stereocenters. The van der Waals surface area contributed by atoms with Crippen molar-refractivity contribution in [3.63, 3.8) is 0 Å². The summed E-state index contributed by atoms with van der Waals surface area (Å²) in [5.74, 6) is -0.688. The maximum Gasteiger partial charge on any atom is 0.269 e. The molecule has 0 saturated heterocycles. The largest absolute Gasteiger partial charge is 0.358 e. The fourth-order valence-corrected chi connectivity index (χ4v) is 2.30. The van der Waals surface area contributed by atoms with Crippen molar-refractivity contribution in [3.05, 3.63) is 74.4 Å². The fourth-order valence-electron chi connectivity index (χ4n) is 1.79. The van der Waals surface area contributed by atoms with Crippen molar-refractivity contribution in [3.8, 4) is 6.07 Å². The predicted octanol–water partition coefficient (Wildman–Crippen LogP) is 4.36. The van der Waals surface area contributed by atoms with Crippen LogP contribution in [0.1, 0.15) is 0 Å². The van der Waals surface area contributed by atoms with E-state index in [2.05, 4.69) is 10.6 Å². The number of amides is 1. The van der Waals surface area contributed by atoms with Gasteiger partial charge in [0.1, 0.15) is 11.6 Å². The van der Waals surface area contributed by atoms with Gasteiger partial charge in [0.2, 0.25) is 0 Å². The first kappa shape index (κ1) is 18.3. The van der Waals surface area contributed by atoms with Crippen LogP contribution in [0.5, 0.6) is 0 Å². The normalized spacial score (nSPS) is 10.7. The van der Waals surface area contributed by atoms with Crippen molar-refractivity contribution in [2.45, 2.75) is 0 Å². The molecule has 0 spiro atoms. The number of carbonyl (C=O) groups is 1. The van der Waals surface area contributed by atoms with Crippen LogP contribution in [0.15, 0.2) is 54.2 Å². The molecule has 0 aliphatic rings. The number of benzene rings is 2. The number of nitrogens with zero attached hydrogens (tertiary/aromatic N) is 2. The Morgan fingerprint density at radius 1 is 1.16 bits per heavy atom. The third-order valence-electron chi connectivity index (χ3n) is 3.02. The Morgan fingerprint density at radius 3 is 2.28 bits per heavy atom. The molecule has 1 amide bonds.